The van der Waals surface area contributed by atoms with Gasteiger partial charge in [-0.2, -0.15) is 0 Å². The zero-order valence-electron chi connectivity index (χ0n) is 26.2. The van der Waals surface area contributed by atoms with Crippen LogP contribution in [0.25, 0.3) is 0 Å². The molecule has 0 aliphatic heterocycles. The molecule has 0 saturated heterocycles. The number of benzene rings is 4. The first-order valence-corrected chi connectivity index (χ1v) is 14.9. The minimum Gasteiger partial charge on any atom is -0.507 e. The molecule has 0 fully saturated rings. The highest BCUT2D eigenvalue weighted by atomic mass is 16.3. The Kier molecular flexibility index (Phi) is 7.83. The van der Waals surface area contributed by atoms with Crippen molar-refractivity contribution in [2.24, 2.45) is 0 Å². The zero-order valence-corrected chi connectivity index (χ0v) is 26.2. The third-order valence-electron chi connectivity index (χ3n) is 8.64. The van der Waals surface area contributed by atoms with Crippen molar-refractivity contribution in [3.8, 4) is 23.0 Å². The van der Waals surface area contributed by atoms with Gasteiger partial charge in [-0.25, -0.2) is 0 Å². The van der Waals surface area contributed by atoms with Crippen molar-refractivity contribution >= 4 is 12.6 Å². The summed E-state index contributed by atoms with van der Waals surface area (Å²) in [7, 11) is 0. The van der Waals surface area contributed by atoms with Crippen LogP contribution in [0.4, 0.5) is 0 Å². The van der Waals surface area contributed by atoms with Crippen LogP contribution in [0.3, 0.4) is 0 Å². The predicted octanol–water partition coefficient (Wildman–Crippen LogP) is 7.41. The second kappa shape index (κ2) is 11.2. The van der Waals surface area contributed by atoms with E-state index in [-0.39, 0.29) is 59.5 Å². The first-order chi connectivity index (χ1) is 20.6. The Morgan fingerprint density at radius 1 is 0.432 bits per heavy atom. The van der Waals surface area contributed by atoms with Gasteiger partial charge < -0.3 is 20.4 Å². The van der Waals surface area contributed by atoms with Crippen LogP contribution in [-0.4, -0.2) is 33.0 Å². The molecule has 6 heteroatoms. The van der Waals surface area contributed by atoms with Crippen LogP contribution in [-0.2, 0) is 36.5 Å². The van der Waals surface area contributed by atoms with Gasteiger partial charge in [0.2, 0.25) is 0 Å². The van der Waals surface area contributed by atoms with E-state index in [0.29, 0.717) is 55.6 Å². The monoisotopic (exact) mass is 592 g/mol. The van der Waals surface area contributed by atoms with Crippen LogP contribution in [0.5, 0.6) is 23.0 Å². The molecule has 4 aromatic carbocycles. The van der Waals surface area contributed by atoms with E-state index < -0.39 is 0 Å². The summed E-state index contributed by atoms with van der Waals surface area (Å²) in [6.07, 6.45) is 2.06. The largest absolute Gasteiger partial charge is 0.507 e. The van der Waals surface area contributed by atoms with Crippen molar-refractivity contribution in [1.82, 2.24) is 0 Å². The summed E-state index contributed by atoms with van der Waals surface area (Å²) < 4.78 is 0. The van der Waals surface area contributed by atoms with E-state index in [1.165, 1.54) is 0 Å². The second-order valence-corrected chi connectivity index (χ2v) is 14.1. The molecule has 4 N–H and O–H groups in total. The standard InChI is InChI=1S/C38H40O6/c1-37(2,3)31-15-27-11-23-7-21(19-39)9-25(33(23)41)13-29-17-32(38(4,5)6)18-30(36(29)44)14-26-10-22(20-40)8-24(34(26)42)12-28(16-31)35(27)43/h7-10,15-20,41-44H,11-14H2,1-6H3. The van der Waals surface area contributed by atoms with Crippen LogP contribution in [0.15, 0.2) is 48.5 Å². The molecule has 0 amide bonds. The molecule has 8 bridgehead atoms. The Morgan fingerprint density at radius 3 is 0.818 bits per heavy atom. The van der Waals surface area contributed by atoms with E-state index in [9.17, 15) is 30.0 Å². The van der Waals surface area contributed by atoms with Gasteiger partial charge >= 0.3 is 0 Å². The number of carbonyl (C=O) groups excluding carboxylic acids is 2. The molecule has 6 nitrogen and oxygen atoms in total. The Balaban J connectivity index is 1.85. The van der Waals surface area contributed by atoms with E-state index in [0.717, 1.165) is 23.7 Å². The van der Waals surface area contributed by atoms with Crippen molar-refractivity contribution in [1.29, 1.82) is 0 Å². The fraction of sp³-hybridized carbons (Fsp3) is 0.316. The Hall–Kier alpha value is -4.58. The molecular formula is C38H40O6. The Morgan fingerprint density at radius 2 is 0.636 bits per heavy atom. The number of phenols is 4. The van der Waals surface area contributed by atoms with E-state index >= 15 is 0 Å². The first kappa shape index (κ1) is 30.9. The summed E-state index contributed by atoms with van der Waals surface area (Å²) in [6.45, 7) is 12.4. The van der Waals surface area contributed by atoms with E-state index in [1.54, 1.807) is 24.3 Å². The molecule has 0 aromatic heterocycles. The first-order valence-electron chi connectivity index (χ1n) is 14.9. The molecule has 0 radical (unpaired) electrons. The molecule has 44 heavy (non-hydrogen) atoms. The predicted molar refractivity (Wildman–Crippen MR) is 172 cm³/mol. The van der Waals surface area contributed by atoms with Crippen molar-refractivity contribution < 1.29 is 30.0 Å². The third kappa shape index (κ3) is 5.94. The van der Waals surface area contributed by atoms with E-state index in [4.69, 9.17) is 0 Å². The highest BCUT2D eigenvalue weighted by Gasteiger charge is 2.25. The molecule has 0 heterocycles. The topological polar surface area (TPSA) is 115 Å². The maximum absolute atomic E-state index is 12.0. The fourth-order valence-electron chi connectivity index (χ4n) is 5.99. The molecular weight excluding hydrogens is 552 g/mol. The number of aromatic hydroxyl groups is 4. The van der Waals surface area contributed by atoms with Crippen LogP contribution in [0, 0.1) is 0 Å². The van der Waals surface area contributed by atoms with Gasteiger partial charge in [-0.1, -0.05) is 65.8 Å². The van der Waals surface area contributed by atoms with Gasteiger partial charge in [-0.05, 0) is 90.7 Å². The maximum atomic E-state index is 12.0. The van der Waals surface area contributed by atoms with E-state index in [2.05, 4.69) is 41.5 Å². The summed E-state index contributed by atoms with van der Waals surface area (Å²) in [5, 5.41) is 46.2. The van der Waals surface area contributed by atoms with Gasteiger partial charge in [-0.3, -0.25) is 9.59 Å². The smallest absolute Gasteiger partial charge is 0.150 e. The van der Waals surface area contributed by atoms with Crippen molar-refractivity contribution in [2.45, 2.75) is 78.1 Å². The van der Waals surface area contributed by atoms with Gasteiger partial charge in [0.15, 0.2) is 0 Å². The Labute approximate surface area is 258 Å². The van der Waals surface area contributed by atoms with E-state index in [1.807, 2.05) is 24.3 Å². The molecule has 0 atom stereocenters. The summed E-state index contributed by atoms with van der Waals surface area (Å²) in [5.41, 5.74) is 6.27. The summed E-state index contributed by atoms with van der Waals surface area (Å²) in [5.74, 6) is 0.0613. The highest BCUT2D eigenvalue weighted by Crippen LogP contribution is 2.41. The lowest BCUT2D eigenvalue weighted by molar-refractivity contribution is 0.111. The zero-order chi connectivity index (χ0) is 32.1. The number of rotatable bonds is 2. The lowest BCUT2D eigenvalue weighted by Crippen LogP contribution is -2.13. The van der Waals surface area contributed by atoms with Crippen molar-refractivity contribution in [2.75, 3.05) is 0 Å². The van der Waals surface area contributed by atoms with Crippen molar-refractivity contribution in [3.63, 3.8) is 0 Å². The normalized spacial score (nSPS) is 13.4. The number of aldehydes is 2. The second-order valence-electron chi connectivity index (χ2n) is 14.1. The van der Waals surface area contributed by atoms with Gasteiger partial charge in [0.05, 0.1) is 0 Å². The SMILES string of the molecule is CC(C)(C)c1cc2c(O)c(c1)Cc1cc(C=O)cc(c1O)Cc1cc(C(C)(C)C)cc(c1O)Cc1cc(C=O)cc(c1O)C2. The number of hydrogen-bond donors (Lipinski definition) is 4. The fourth-order valence-corrected chi connectivity index (χ4v) is 5.99. The minimum absolute atomic E-state index is 0.00501. The van der Waals surface area contributed by atoms with Crippen LogP contribution < -0.4 is 0 Å². The highest BCUT2D eigenvalue weighted by molar-refractivity contribution is 5.78. The van der Waals surface area contributed by atoms with Crippen LogP contribution >= 0.6 is 0 Å². The van der Waals surface area contributed by atoms with Gasteiger partial charge in [0, 0.05) is 36.8 Å². The lowest BCUT2D eigenvalue weighted by Gasteiger charge is -2.24. The van der Waals surface area contributed by atoms with Crippen LogP contribution in [0.2, 0.25) is 0 Å². The molecule has 5 rings (SSSR count). The quantitative estimate of drug-likeness (QED) is 0.159. The number of phenolic OH excluding ortho intramolecular Hbond substituents is 4. The maximum Gasteiger partial charge on any atom is 0.150 e. The Bertz CT molecular complexity index is 1570. The molecule has 0 spiro atoms. The number of carbonyl (C=O) groups is 2. The van der Waals surface area contributed by atoms with Crippen molar-refractivity contribution in [3.05, 3.63) is 115 Å². The average Bonchev–Trinajstić information content (AvgIpc) is 2.94. The molecule has 4 aromatic rings. The molecule has 1 aliphatic rings. The van der Waals surface area contributed by atoms with Gasteiger partial charge in [-0.15, -0.1) is 0 Å². The molecule has 0 unspecified atom stereocenters. The van der Waals surface area contributed by atoms with Gasteiger partial charge in [0.1, 0.15) is 35.6 Å². The lowest BCUT2D eigenvalue weighted by atomic mass is 9.81. The summed E-state index contributed by atoms with van der Waals surface area (Å²) in [4.78, 5) is 24.1. The molecule has 1 aliphatic carbocycles. The number of fused-ring (bicyclic) bond motifs is 8. The summed E-state index contributed by atoms with van der Waals surface area (Å²) >= 11 is 0. The third-order valence-corrected chi connectivity index (χ3v) is 8.64. The summed E-state index contributed by atoms with van der Waals surface area (Å²) in [6, 6.07) is 14.1. The average molecular weight is 593 g/mol. The van der Waals surface area contributed by atoms with Crippen LogP contribution in [0.1, 0.15) is 118 Å². The molecule has 228 valence electrons. The molecule has 0 saturated carbocycles. The number of hydrogen-bond acceptors (Lipinski definition) is 6. The minimum atomic E-state index is -0.279. The van der Waals surface area contributed by atoms with Gasteiger partial charge in [0.25, 0.3) is 0 Å².